The van der Waals surface area contributed by atoms with Crippen molar-refractivity contribution in [1.82, 2.24) is 24.6 Å². The number of hydrogen-bond acceptors (Lipinski definition) is 8. The maximum Gasteiger partial charge on any atom is 0.261 e. The van der Waals surface area contributed by atoms with Crippen LogP contribution in [-0.2, 0) is 11.8 Å². The summed E-state index contributed by atoms with van der Waals surface area (Å²) in [7, 11) is 3.34. The van der Waals surface area contributed by atoms with Gasteiger partial charge in [0, 0.05) is 32.0 Å². The first kappa shape index (κ1) is 24.0. The molecular formula is C23H26N6O3S2. The summed E-state index contributed by atoms with van der Waals surface area (Å²) >= 11 is 2.93. The Kier molecular flexibility index (Phi) is 7.03. The summed E-state index contributed by atoms with van der Waals surface area (Å²) in [5.41, 5.74) is 3.20. The van der Waals surface area contributed by atoms with Gasteiger partial charge in [-0.1, -0.05) is 11.8 Å². The van der Waals surface area contributed by atoms with Crippen LogP contribution in [0.2, 0.25) is 0 Å². The predicted molar refractivity (Wildman–Crippen MR) is 136 cm³/mol. The first-order valence-corrected chi connectivity index (χ1v) is 12.6. The van der Waals surface area contributed by atoms with Crippen LogP contribution in [0.5, 0.6) is 5.75 Å². The molecule has 0 bridgehead atoms. The Morgan fingerprint density at radius 2 is 2.03 bits per heavy atom. The minimum Gasteiger partial charge on any atom is -0.495 e. The molecule has 3 heterocycles. The molecule has 0 aliphatic heterocycles. The second kappa shape index (κ2) is 9.98. The summed E-state index contributed by atoms with van der Waals surface area (Å²) < 4.78 is 8.98. The molecule has 0 saturated heterocycles. The van der Waals surface area contributed by atoms with Crippen LogP contribution >= 0.6 is 23.1 Å². The van der Waals surface area contributed by atoms with Gasteiger partial charge in [-0.25, -0.2) is 9.97 Å². The lowest BCUT2D eigenvalue weighted by Gasteiger charge is -2.17. The third kappa shape index (κ3) is 4.58. The second-order valence-electron chi connectivity index (χ2n) is 7.58. The zero-order chi connectivity index (χ0) is 24.4. The van der Waals surface area contributed by atoms with E-state index in [4.69, 9.17) is 4.74 Å². The summed E-state index contributed by atoms with van der Waals surface area (Å²) in [6, 6.07) is 5.56. The van der Waals surface area contributed by atoms with Crippen LogP contribution < -0.4 is 10.1 Å². The maximum atomic E-state index is 13.1. The van der Waals surface area contributed by atoms with Crippen LogP contribution in [0.15, 0.2) is 28.7 Å². The van der Waals surface area contributed by atoms with Gasteiger partial charge in [-0.05, 0) is 39.0 Å². The lowest BCUT2D eigenvalue weighted by molar-refractivity contribution is -0.127. The van der Waals surface area contributed by atoms with E-state index in [9.17, 15) is 9.59 Å². The molecule has 0 spiro atoms. The third-order valence-electron chi connectivity index (χ3n) is 5.49. The number of amides is 2. The fraction of sp³-hybridized carbons (Fsp3) is 0.348. The van der Waals surface area contributed by atoms with Gasteiger partial charge in [0.15, 0.2) is 9.99 Å². The number of hydrogen-bond donors (Lipinski definition) is 1. The Balaban J connectivity index is 1.53. The molecule has 0 radical (unpaired) electrons. The molecule has 1 N–H and O–H groups in total. The van der Waals surface area contributed by atoms with Crippen molar-refractivity contribution in [1.29, 1.82) is 0 Å². The van der Waals surface area contributed by atoms with Gasteiger partial charge in [-0.3, -0.25) is 14.3 Å². The number of benzene rings is 1. The summed E-state index contributed by atoms with van der Waals surface area (Å²) in [6.07, 6.45) is 1.50. The lowest BCUT2D eigenvalue weighted by atomic mass is 10.1. The Labute approximate surface area is 205 Å². The van der Waals surface area contributed by atoms with Gasteiger partial charge in [-0.2, -0.15) is 5.10 Å². The van der Waals surface area contributed by atoms with E-state index >= 15 is 0 Å². The highest BCUT2D eigenvalue weighted by Gasteiger charge is 2.21. The first-order chi connectivity index (χ1) is 16.4. The second-order valence-corrected chi connectivity index (χ2v) is 9.84. The summed E-state index contributed by atoms with van der Waals surface area (Å²) in [4.78, 5) is 36.2. The van der Waals surface area contributed by atoms with Crippen molar-refractivity contribution in [3.63, 3.8) is 0 Å². The molecule has 0 unspecified atom stereocenters. The molecular weight excluding hydrogens is 472 g/mol. The number of ether oxygens (including phenoxy) is 1. The number of fused-ring (bicyclic) bond motifs is 2. The van der Waals surface area contributed by atoms with E-state index in [-0.39, 0.29) is 11.8 Å². The van der Waals surface area contributed by atoms with Crippen molar-refractivity contribution in [3.8, 4) is 5.75 Å². The number of aromatic nitrogens is 4. The van der Waals surface area contributed by atoms with Crippen LogP contribution in [0.4, 0.5) is 5.69 Å². The number of rotatable bonds is 8. The lowest BCUT2D eigenvalue weighted by Crippen LogP contribution is -2.31. The van der Waals surface area contributed by atoms with Crippen molar-refractivity contribution >= 4 is 61.9 Å². The monoisotopic (exact) mass is 498 g/mol. The van der Waals surface area contributed by atoms with Gasteiger partial charge in [0.05, 0.1) is 34.2 Å². The van der Waals surface area contributed by atoms with Crippen LogP contribution in [-0.4, -0.2) is 62.4 Å². The number of carbonyl (C=O) groups is 2. The molecule has 0 fully saturated rings. The molecule has 178 valence electrons. The predicted octanol–water partition coefficient (Wildman–Crippen LogP) is 4.11. The highest BCUT2D eigenvalue weighted by atomic mass is 32.2. The van der Waals surface area contributed by atoms with Crippen molar-refractivity contribution in [2.75, 3.05) is 31.3 Å². The van der Waals surface area contributed by atoms with Gasteiger partial charge in [0.2, 0.25) is 5.91 Å². The van der Waals surface area contributed by atoms with E-state index in [2.05, 4.69) is 20.4 Å². The molecule has 34 heavy (non-hydrogen) atoms. The maximum absolute atomic E-state index is 13.1. The molecule has 0 aliphatic carbocycles. The highest BCUT2D eigenvalue weighted by molar-refractivity contribution is 8.01. The molecule has 11 heteroatoms. The summed E-state index contributed by atoms with van der Waals surface area (Å²) in [5, 5.41) is 8.03. The molecule has 4 rings (SSSR count). The van der Waals surface area contributed by atoms with Crippen LogP contribution in [0.25, 0.3) is 21.3 Å². The van der Waals surface area contributed by atoms with Crippen molar-refractivity contribution < 1.29 is 14.3 Å². The van der Waals surface area contributed by atoms with Gasteiger partial charge < -0.3 is 15.0 Å². The third-order valence-corrected chi connectivity index (χ3v) is 7.64. The average Bonchev–Trinajstić information content (AvgIpc) is 3.37. The van der Waals surface area contributed by atoms with Crippen LogP contribution in [0, 0.1) is 6.92 Å². The molecule has 3 aromatic heterocycles. The fourth-order valence-electron chi connectivity index (χ4n) is 3.79. The minimum atomic E-state index is -0.321. The van der Waals surface area contributed by atoms with Crippen molar-refractivity contribution in [2.45, 2.75) is 25.1 Å². The van der Waals surface area contributed by atoms with Crippen molar-refractivity contribution in [2.24, 2.45) is 7.05 Å². The average molecular weight is 499 g/mol. The van der Waals surface area contributed by atoms with Crippen molar-refractivity contribution in [3.05, 3.63) is 35.7 Å². The summed E-state index contributed by atoms with van der Waals surface area (Å²) in [5.74, 6) is 0.584. The Morgan fingerprint density at radius 3 is 2.74 bits per heavy atom. The molecule has 1 aromatic carbocycles. The largest absolute Gasteiger partial charge is 0.495 e. The molecule has 4 aromatic rings. The number of thioether (sulfide) groups is 1. The van der Waals surface area contributed by atoms with Gasteiger partial charge in [0.25, 0.3) is 5.91 Å². The number of aryl methyl sites for hydroxylation is 2. The molecule has 0 aliphatic rings. The topological polar surface area (TPSA) is 102 Å². The zero-order valence-corrected chi connectivity index (χ0v) is 21.3. The van der Waals surface area contributed by atoms with E-state index in [1.807, 2.05) is 39.0 Å². The highest BCUT2D eigenvalue weighted by Crippen LogP contribution is 2.33. The number of nitrogens with zero attached hydrogens (tertiary/aromatic N) is 5. The van der Waals surface area contributed by atoms with Gasteiger partial charge in [0.1, 0.15) is 11.3 Å². The van der Waals surface area contributed by atoms with Crippen LogP contribution in [0.3, 0.4) is 0 Å². The van der Waals surface area contributed by atoms with E-state index in [1.54, 1.807) is 16.6 Å². The smallest absolute Gasteiger partial charge is 0.261 e. The van der Waals surface area contributed by atoms with E-state index in [0.29, 0.717) is 41.5 Å². The fourth-order valence-corrected chi connectivity index (χ4v) is 5.80. The number of nitrogens with one attached hydrogen (secondary N) is 1. The summed E-state index contributed by atoms with van der Waals surface area (Å²) in [6.45, 7) is 7.21. The first-order valence-electron chi connectivity index (χ1n) is 10.8. The van der Waals surface area contributed by atoms with Gasteiger partial charge >= 0.3 is 0 Å². The zero-order valence-electron chi connectivity index (χ0n) is 19.7. The molecule has 9 nitrogen and oxygen atoms in total. The number of thiazole rings is 1. The number of carbonyl (C=O) groups excluding carboxylic acids is 2. The quantitative estimate of drug-likeness (QED) is 0.365. The van der Waals surface area contributed by atoms with Crippen LogP contribution in [0.1, 0.15) is 29.9 Å². The normalized spacial score (nSPS) is 11.2. The molecule has 0 saturated carbocycles. The Morgan fingerprint density at radius 1 is 1.26 bits per heavy atom. The number of pyridine rings is 1. The van der Waals surface area contributed by atoms with E-state index in [1.165, 1.54) is 36.4 Å². The standard InChI is InChI=1S/C23H26N6O3S2/c1-6-29(7-2)18(30)12-33-23-26-16-9-8-14(10-17(16)34-23)25-22(31)15-11-24-21-19(20(15)32-5)13(3)27-28(21)4/h8-11H,6-7,12H2,1-5H3,(H,25,31). The molecule has 2 amide bonds. The SMILES string of the molecule is CCN(CC)C(=O)CSc1nc2ccc(NC(=O)c3cnc4c(c(C)nn4C)c3OC)cc2s1. The van der Waals surface area contributed by atoms with E-state index in [0.717, 1.165) is 25.6 Å². The molecule has 0 atom stereocenters. The number of methoxy groups -OCH3 is 1. The Bertz CT molecular complexity index is 1380. The van der Waals surface area contributed by atoms with Gasteiger partial charge in [-0.15, -0.1) is 11.3 Å². The number of anilines is 1. The Hall–Kier alpha value is -3.18. The van der Waals surface area contributed by atoms with E-state index < -0.39 is 0 Å². The minimum absolute atomic E-state index is 0.102.